The van der Waals surface area contributed by atoms with E-state index in [9.17, 15) is 16.8 Å². The standard InChI is InChI=1S/C20H18Cl2N2O6S2/c1-29-18-11-10-15(12-19(18)30-2)32(27,28)23-13-6-8-14(9-7-13)31(25,26)24-17-5-3-4-16(21)20(17)22/h3-12,23-24H,1-2H3. The third-order valence-corrected chi connectivity index (χ3v) is 7.86. The zero-order chi connectivity index (χ0) is 23.5. The van der Waals surface area contributed by atoms with Crippen LogP contribution in [0.5, 0.6) is 11.5 Å². The second-order valence-corrected chi connectivity index (χ2v) is 10.5. The van der Waals surface area contributed by atoms with Crippen LogP contribution in [0.3, 0.4) is 0 Å². The SMILES string of the molecule is COc1ccc(S(=O)(=O)Nc2ccc(S(=O)(=O)Nc3cccc(Cl)c3Cl)cc2)cc1OC. The zero-order valence-electron chi connectivity index (χ0n) is 16.8. The lowest BCUT2D eigenvalue weighted by Crippen LogP contribution is -2.15. The molecule has 2 N–H and O–H groups in total. The molecule has 12 heteroatoms. The molecule has 0 aromatic heterocycles. The highest BCUT2D eigenvalue weighted by molar-refractivity contribution is 7.93. The quantitative estimate of drug-likeness (QED) is 0.452. The van der Waals surface area contributed by atoms with Crippen LogP contribution < -0.4 is 18.9 Å². The summed E-state index contributed by atoms with van der Waals surface area (Å²) in [5.41, 5.74) is 0.289. The molecule has 0 spiro atoms. The van der Waals surface area contributed by atoms with Crippen LogP contribution in [-0.2, 0) is 20.0 Å². The van der Waals surface area contributed by atoms with Crippen LogP contribution in [0, 0.1) is 0 Å². The average Bonchev–Trinajstić information content (AvgIpc) is 2.76. The molecule has 0 radical (unpaired) electrons. The summed E-state index contributed by atoms with van der Waals surface area (Å²) in [5, 5.41) is 0.267. The van der Waals surface area contributed by atoms with Gasteiger partial charge in [0.1, 0.15) is 0 Å². The minimum absolute atomic E-state index is 0.0517. The molecular weight excluding hydrogens is 499 g/mol. The van der Waals surface area contributed by atoms with Crippen LogP contribution in [0.25, 0.3) is 0 Å². The van der Waals surface area contributed by atoms with Gasteiger partial charge in [0.2, 0.25) is 0 Å². The van der Waals surface area contributed by atoms with Crippen molar-refractivity contribution in [3.63, 3.8) is 0 Å². The molecule has 32 heavy (non-hydrogen) atoms. The molecule has 3 aromatic rings. The molecule has 0 aliphatic heterocycles. The Labute approximate surface area is 196 Å². The van der Waals surface area contributed by atoms with E-state index in [0.717, 1.165) is 0 Å². The summed E-state index contributed by atoms with van der Waals surface area (Å²) in [4.78, 5) is -0.147. The highest BCUT2D eigenvalue weighted by atomic mass is 35.5. The van der Waals surface area contributed by atoms with Crippen LogP contribution in [0.2, 0.25) is 10.0 Å². The molecule has 8 nitrogen and oxygen atoms in total. The van der Waals surface area contributed by atoms with E-state index in [-0.39, 0.29) is 37.0 Å². The van der Waals surface area contributed by atoms with E-state index >= 15 is 0 Å². The number of hydrogen-bond donors (Lipinski definition) is 2. The molecule has 0 unspecified atom stereocenters. The fourth-order valence-electron chi connectivity index (χ4n) is 2.69. The van der Waals surface area contributed by atoms with Crippen LogP contribution in [0.4, 0.5) is 11.4 Å². The van der Waals surface area contributed by atoms with Gasteiger partial charge in [-0.25, -0.2) is 16.8 Å². The number of ether oxygens (including phenoxy) is 2. The van der Waals surface area contributed by atoms with Crippen LogP contribution >= 0.6 is 23.2 Å². The first kappa shape index (κ1) is 24.0. The van der Waals surface area contributed by atoms with Gasteiger partial charge in [0.05, 0.1) is 39.7 Å². The summed E-state index contributed by atoms with van der Waals surface area (Å²) in [7, 11) is -5.11. The molecule has 170 valence electrons. The number of hydrogen-bond acceptors (Lipinski definition) is 6. The second kappa shape index (κ2) is 9.45. The maximum atomic E-state index is 12.7. The lowest BCUT2D eigenvalue weighted by Gasteiger charge is -2.13. The molecule has 0 aliphatic carbocycles. The summed E-state index contributed by atoms with van der Waals surface area (Å²) >= 11 is 11.9. The van der Waals surface area contributed by atoms with Crippen molar-refractivity contribution in [3.8, 4) is 11.5 Å². The van der Waals surface area contributed by atoms with E-state index in [1.807, 2.05) is 0 Å². The van der Waals surface area contributed by atoms with Crippen molar-refractivity contribution in [2.75, 3.05) is 23.7 Å². The zero-order valence-corrected chi connectivity index (χ0v) is 19.9. The van der Waals surface area contributed by atoms with Crippen molar-refractivity contribution in [3.05, 3.63) is 70.7 Å². The monoisotopic (exact) mass is 516 g/mol. The normalized spacial score (nSPS) is 11.6. The third kappa shape index (κ3) is 5.21. The first-order chi connectivity index (χ1) is 15.1. The molecule has 3 aromatic carbocycles. The van der Waals surface area contributed by atoms with Crippen molar-refractivity contribution >= 4 is 54.6 Å². The van der Waals surface area contributed by atoms with Crippen LogP contribution in [-0.4, -0.2) is 31.1 Å². The fraction of sp³-hybridized carbons (Fsp3) is 0.100. The third-order valence-electron chi connectivity index (χ3n) is 4.28. The minimum Gasteiger partial charge on any atom is -0.493 e. The molecule has 3 rings (SSSR count). The molecule has 0 saturated carbocycles. The number of anilines is 2. The number of sulfonamides is 2. The van der Waals surface area contributed by atoms with Gasteiger partial charge >= 0.3 is 0 Å². The smallest absolute Gasteiger partial charge is 0.262 e. The number of methoxy groups -OCH3 is 2. The summed E-state index contributed by atoms with van der Waals surface area (Å²) < 4.78 is 65.6. The summed E-state index contributed by atoms with van der Waals surface area (Å²) in [5.74, 6) is 0.635. The number of benzene rings is 3. The van der Waals surface area contributed by atoms with Gasteiger partial charge in [0.25, 0.3) is 20.0 Å². The van der Waals surface area contributed by atoms with Gasteiger partial charge < -0.3 is 9.47 Å². The lowest BCUT2D eigenvalue weighted by atomic mass is 10.3. The van der Waals surface area contributed by atoms with Crippen molar-refractivity contribution in [2.24, 2.45) is 0 Å². The Morgan fingerprint density at radius 1 is 0.719 bits per heavy atom. The van der Waals surface area contributed by atoms with Gasteiger partial charge in [0.15, 0.2) is 11.5 Å². The van der Waals surface area contributed by atoms with Gasteiger partial charge in [-0.1, -0.05) is 29.3 Å². The van der Waals surface area contributed by atoms with Crippen molar-refractivity contribution in [1.29, 1.82) is 0 Å². The highest BCUT2D eigenvalue weighted by Crippen LogP contribution is 2.32. The Bertz CT molecular complexity index is 1350. The van der Waals surface area contributed by atoms with E-state index in [1.54, 1.807) is 6.07 Å². The summed E-state index contributed by atoms with van der Waals surface area (Å²) in [6.45, 7) is 0. The fourth-order valence-corrected chi connectivity index (χ4v) is 5.24. The van der Waals surface area contributed by atoms with Gasteiger partial charge in [-0.2, -0.15) is 0 Å². The van der Waals surface area contributed by atoms with Crippen molar-refractivity contribution in [1.82, 2.24) is 0 Å². The van der Waals surface area contributed by atoms with Gasteiger partial charge in [0, 0.05) is 11.8 Å². The van der Waals surface area contributed by atoms with Gasteiger partial charge in [-0.05, 0) is 48.5 Å². The maximum absolute atomic E-state index is 12.7. The molecule has 0 aliphatic rings. The van der Waals surface area contributed by atoms with Crippen LogP contribution in [0.15, 0.2) is 70.5 Å². The highest BCUT2D eigenvalue weighted by Gasteiger charge is 2.19. The van der Waals surface area contributed by atoms with E-state index in [2.05, 4.69) is 9.44 Å². The van der Waals surface area contributed by atoms with E-state index < -0.39 is 20.0 Å². The minimum atomic E-state index is -3.98. The molecule has 0 saturated heterocycles. The Kier molecular flexibility index (Phi) is 7.09. The number of halogens is 2. The predicted molar refractivity (Wildman–Crippen MR) is 124 cm³/mol. The molecule has 0 heterocycles. The predicted octanol–water partition coefficient (Wildman–Crippen LogP) is 4.61. The van der Waals surface area contributed by atoms with E-state index in [0.29, 0.717) is 5.75 Å². The lowest BCUT2D eigenvalue weighted by molar-refractivity contribution is 0.354. The number of rotatable bonds is 8. The summed E-state index contributed by atoms with van der Waals surface area (Å²) in [6.07, 6.45) is 0. The molecular formula is C20H18Cl2N2O6S2. The van der Waals surface area contributed by atoms with Crippen molar-refractivity contribution in [2.45, 2.75) is 9.79 Å². The van der Waals surface area contributed by atoms with E-state index in [4.69, 9.17) is 32.7 Å². The molecule has 0 atom stereocenters. The Balaban J connectivity index is 1.81. The van der Waals surface area contributed by atoms with Crippen molar-refractivity contribution < 1.29 is 26.3 Å². The average molecular weight is 517 g/mol. The van der Waals surface area contributed by atoms with Gasteiger partial charge in [-0.15, -0.1) is 0 Å². The maximum Gasteiger partial charge on any atom is 0.262 e. The Morgan fingerprint density at radius 2 is 1.31 bits per heavy atom. The Hall–Kier alpha value is -2.66. The number of nitrogens with one attached hydrogen (secondary N) is 2. The molecule has 0 amide bonds. The van der Waals surface area contributed by atoms with E-state index in [1.165, 1.54) is 68.8 Å². The topological polar surface area (TPSA) is 111 Å². The summed E-state index contributed by atoms with van der Waals surface area (Å²) in [6, 6.07) is 13.9. The first-order valence-corrected chi connectivity index (χ1v) is 12.6. The second-order valence-electron chi connectivity index (χ2n) is 6.35. The Morgan fingerprint density at radius 3 is 1.94 bits per heavy atom. The largest absolute Gasteiger partial charge is 0.493 e. The van der Waals surface area contributed by atoms with Gasteiger partial charge in [-0.3, -0.25) is 9.44 Å². The molecule has 0 bridgehead atoms. The van der Waals surface area contributed by atoms with Crippen LogP contribution in [0.1, 0.15) is 0 Å². The first-order valence-electron chi connectivity index (χ1n) is 8.89. The molecule has 0 fully saturated rings.